The average molecular weight is 317 g/mol. The molecule has 1 aromatic heterocycles. The molecule has 23 heavy (non-hydrogen) atoms. The molecule has 2 saturated carbocycles. The van der Waals surface area contributed by atoms with Crippen molar-refractivity contribution in [3.8, 4) is 0 Å². The molecule has 0 aromatic carbocycles. The van der Waals surface area contributed by atoms with E-state index in [2.05, 4.69) is 22.3 Å². The molecule has 1 saturated heterocycles. The Morgan fingerprint density at radius 3 is 2.74 bits per heavy atom. The Kier molecular flexibility index (Phi) is 4.14. The molecule has 2 atom stereocenters. The first-order valence-corrected chi connectivity index (χ1v) is 9.22. The van der Waals surface area contributed by atoms with Crippen molar-refractivity contribution < 1.29 is 9.32 Å². The van der Waals surface area contributed by atoms with Gasteiger partial charge in [-0.05, 0) is 31.6 Å². The molecule has 0 bridgehead atoms. The Balaban J connectivity index is 1.34. The Bertz CT molecular complexity index is 560. The number of nitrogens with zero attached hydrogens (tertiary/aromatic N) is 2. The maximum atomic E-state index is 12.4. The van der Waals surface area contributed by atoms with Crippen molar-refractivity contribution >= 4 is 5.91 Å². The summed E-state index contributed by atoms with van der Waals surface area (Å²) in [5.74, 6) is 1.79. The minimum Gasteiger partial charge on any atom is -0.360 e. The molecular weight excluding hydrogens is 290 g/mol. The fraction of sp³-hybridized carbons (Fsp3) is 0.778. The third-order valence-electron chi connectivity index (χ3n) is 5.79. The van der Waals surface area contributed by atoms with E-state index in [0.717, 1.165) is 37.7 Å². The van der Waals surface area contributed by atoms with Gasteiger partial charge in [0.2, 0.25) is 0 Å². The van der Waals surface area contributed by atoms with Crippen LogP contribution < -0.4 is 5.32 Å². The molecular formula is C18H27N3O2. The average Bonchev–Trinajstić information content (AvgIpc) is 3.18. The topological polar surface area (TPSA) is 58.4 Å². The number of hydrogen-bond acceptors (Lipinski definition) is 4. The van der Waals surface area contributed by atoms with Crippen molar-refractivity contribution in [3.05, 3.63) is 17.5 Å². The highest BCUT2D eigenvalue weighted by Crippen LogP contribution is 2.40. The van der Waals surface area contributed by atoms with Crippen LogP contribution in [0.2, 0.25) is 0 Å². The van der Waals surface area contributed by atoms with Gasteiger partial charge in [0.15, 0.2) is 5.69 Å². The van der Waals surface area contributed by atoms with Crippen LogP contribution in [0.3, 0.4) is 0 Å². The number of aromatic nitrogens is 1. The van der Waals surface area contributed by atoms with E-state index in [-0.39, 0.29) is 11.9 Å². The smallest absolute Gasteiger partial charge is 0.273 e. The number of carbonyl (C=O) groups is 1. The lowest BCUT2D eigenvalue weighted by Gasteiger charge is -2.31. The van der Waals surface area contributed by atoms with Gasteiger partial charge in [-0.2, -0.15) is 0 Å². The summed E-state index contributed by atoms with van der Waals surface area (Å²) in [7, 11) is 0. The van der Waals surface area contributed by atoms with Crippen molar-refractivity contribution in [2.45, 2.75) is 69.9 Å². The van der Waals surface area contributed by atoms with Gasteiger partial charge in [0.25, 0.3) is 5.91 Å². The Labute approximate surface area is 137 Å². The molecule has 1 aromatic rings. The third kappa shape index (κ3) is 3.30. The van der Waals surface area contributed by atoms with Crippen molar-refractivity contribution in [1.29, 1.82) is 0 Å². The quantitative estimate of drug-likeness (QED) is 0.927. The molecule has 1 aliphatic heterocycles. The highest BCUT2D eigenvalue weighted by atomic mass is 16.5. The molecule has 3 aliphatic rings. The van der Waals surface area contributed by atoms with Crippen molar-refractivity contribution in [3.63, 3.8) is 0 Å². The van der Waals surface area contributed by atoms with Crippen LogP contribution in [0.5, 0.6) is 0 Å². The van der Waals surface area contributed by atoms with Gasteiger partial charge in [-0.1, -0.05) is 31.3 Å². The van der Waals surface area contributed by atoms with E-state index in [4.69, 9.17) is 4.52 Å². The van der Waals surface area contributed by atoms with E-state index in [1.54, 1.807) is 0 Å². The summed E-state index contributed by atoms with van der Waals surface area (Å²) in [5, 5.41) is 7.14. The van der Waals surface area contributed by atoms with Crippen LogP contribution in [0.15, 0.2) is 10.6 Å². The summed E-state index contributed by atoms with van der Waals surface area (Å²) in [6.45, 7) is 4.32. The standard InChI is InChI=1S/C18H27N3O2/c1-12-10-21(14-5-3-2-4-6-14)11-16(12)19-18(22)15-9-17(23-20-15)13-7-8-13/h9,12-14,16H,2-8,10-11H2,1H3,(H,19,22)/t12-,16-/m1/s1. The summed E-state index contributed by atoms with van der Waals surface area (Å²) in [5.41, 5.74) is 0.440. The Morgan fingerprint density at radius 1 is 1.22 bits per heavy atom. The van der Waals surface area contributed by atoms with Crippen LogP contribution in [0.1, 0.15) is 74.0 Å². The van der Waals surface area contributed by atoms with Crippen LogP contribution in [0, 0.1) is 5.92 Å². The number of nitrogens with one attached hydrogen (secondary N) is 1. The molecule has 1 N–H and O–H groups in total. The summed E-state index contributed by atoms with van der Waals surface area (Å²) < 4.78 is 5.30. The van der Waals surface area contributed by atoms with Gasteiger partial charge < -0.3 is 9.84 Å². The maximum absolute atomic E-state index is 12.4. The highest BCUT2D eigenvalue weighted by Gasteiger charge is 2.35. The minimum atomic E-state index is -0.0806. The van der Waals surface area contributed by atoms with E-state index in [1.165, 1.54) is 32.1 Å². The zero-order valence-corrected chi connectivity index (χ0v) is 14.0. The summed E-state index contributed by atoms with van der Waals surface area (Å²) >= 11 is 0. The van der Waals surface area contributed by atoms with E-state index in [1.807, 2.05) is 6.07 Å². The largest absolute Gasteiger partial charge is 0.360 e. The minimum absolute atomic E-state index is 0.0806. The molecule has 2 heterocycles. The molecule has 126 valence electrons. The van der Waals surface area contributed by atoms with Gasteiger partial charge in [-0.15, -0.1) is 0 Å². The number of rotatable bonds is 4. The van der Waals surface area contributed by atoms with Crippen LogP contribution in [-0.4, -0.2) is 41.1 Å². The second-order valence-electron chi connectivity index (χ2n) is 7.69. The SMILES string of the molecule is C[C@@H]1CN(C2CCCCC2)C[C@H]1NC(=O)c1cc(C2CC2)on1. The van der Waals surface area contributed by atoms with E-state index < -0.39 is 0 Å². The first kappa shape index (κ1) is 15.2. The van der Waals surface area contributed by atoms with Gasteiger partial charge in [0.1, 0.15) is 5.76 Å². The molecule has 2 aliphatic carbocycles. The number of carbonyl (C=O) groups excluding carboxylic acids is 1. The third-order valence-corrected chi connectivity index (χ3v) is 5.79. The first-order valence-electron chi connectivity index (χ1n) is 9.22. The molecule has 5 heteroatoms. The molecule has 4 rings (SSSR count). The second-order valence-corrected chi connectivity index (χ2v) is 7.69. The fourth-order valence-electron chi connectivity index (χ4n) is 4.14. The lowest BCUT2D eigenvalue weighted by Crippen LogP contribution is -2.41. The molecule has 0 spiro atoms. The summed E-state index contributed by atoms with van der Waals surface area (Å²) in [6.07, 6.45) is 9.06. The lowest BCUT2D eigenvalue weighted by atomic mass is 9.94. The Hall–Kier alpha value is -1.36. The van der Waals surface area contributed by atoms with E-state index >= 15 is 0 Å². The monoisotopic (exact) mass is 317 g/mol. The van der Waals surface area contributed by atoms with Crippen LogP contribution in [-0.2, 0) is 0 Å². The number of amides is 1. The number of hydrogen-bond donors (Lipinski definition) is 1. The summed E-state index contributed by atoms with van der Waals surface area (Å²) in [6, 6.07) is 2.78. The summed E-state index contributed by atoms with van der Waals surface area (Å²) in [4.78, 5) is 15.0. The predicted molar refractivity (Wildman–Crippen MR) is 87.3 cm³/mol. The van der Waals surface area contributed by atoms with Crippen molar-refractivity contribution in [2.75, 3.05) is 13.1 Å². The predicted octanol–water partition coefficient (Wildman–Crippen LogP) is 2.93. The van der Waals surface area contributed by atoms with Crippen molar-refractivity contribution in [2.24, 2.45) is 5.92 Å². The molecule has 5 nitrogen and oxygen atoms in total. The normalized spacial score (nSPS) is 29.8. The van der Waals surface area contributed by atoms with Gasteiger partial charge in [0, 0.05) is 37.2 Å². The fourth-order valence-corrected chi connectivity index (χ4v) is 4.14. The van der Waals surface area contributed by atoms with Gasteiger partial charge in [0.05, 0.1) is 0 Å². The van der Waals surface area contributed by atoms with Crippen molar-refractivity contribution in [1.82, 2.24) is 15.4 Å². The van der Waals surface area contributed by atoms with Gasteiger partial charge in [-0.3, -0.25) is 9.69 Å². The zero-order chi connectivity index (χ0) is 15.8. The molecule has 0 radical (unpaired) electrons. The molecule has 1 amide bonds. The number of likely N-dealkylation sites (tertiary alicyclic amines) is 1. The van der Waals surface area contributed by atoms with Crippen LogP contribution in [0.4, 0.5) is 0 Å². The van der Waals surface area contributed by atoms with Gasteiger partial charge >= 0.3 is 0 Å². The second kappa shape index (κ2) is 6.27. The lowest BCUT2D eigenvalue weighted by molar-refractivity contribution is 0.0920. The van der Waals surface area contributed by atoms with Crippen LogP contribution >= 0.6 is 0 Å². The molecule has 3 fully saturated rings. The molecule has 0 unspecified atom stereocenters. The Morgan fingerprint density at radius 2 is 2.00 bits per heavy atom. The van der Waals surface area contributed by atoms with E-state index in [0.29, 0.717) is 17.5 Å². The van der Waals surface area contributed by atoms with Crippen LogP contribution in [0.25, 0.3) is 0 Å². The van der Waals surface area contributed by atoms with E-state index in [9.17, 15) is 4.79 Å². The van der Waals surface area contributed by atoms with Gasteiger partial charge in [-0.25, -0.2) is 0 Å². The maximum Gasteiger partial charge on any atom is 0.273 e. The zero-order valence-electron chi connectivity index (χ0n) is 14.0. The first-order chi connectivity index (χ1) is 11.2. The highest BCUT2D eigenvalue weighted by molar-refractivity contribution is 5.92.